The van der Waals surface area contributed by atoms with E-state index in [-0.39, 0.29) is 4.75 Å². The summed E-state index contributed by atoms with van der Waals surface area (Å²) in [6, 6.07) is 7.83. The third-order valence-corrected chi connectivity index (χ3v) is 5.30. The summed E-state index contributed by atoms with van der Waals surface area (Å²) in [6.07, 6.45) is 0.895. The Labute approximate surface area is 141 Å². The number of halogens is 1. The fourth-order valence-electron chi connectivity index (χ4n) is 1.77. The second-order valence-electron chi connectivity index (χ2n) is 5.96. The highest BCUT2D eigenvalue weighted by Gasteiger charge is 2.18. The molecule has 0 saturated carbocycles. The number of aliphatic imine (C=N–C) groups is 1. The molecule has 0 spiro atoms. The average molecular weight is 344 g/mol. The van der Waals surface area contributed by atoms with Gasteiger partial charge in [-0.2, -0.15) is 0 Å². The van der Waals surface area contributed by atoms with E-state index in [0.717, 1.165) is 23.9 Å². The van der Waals surface area contributed by atoms with Gasteiger partial charge in [-0.3, -0.25) is 9.20 Å². The summed E-state index contributed by atoms with van der Waals surface area (Å²) < 4.78 is 11.8. The second kappa shape index (κ2) is 9.16. The number of rotatable bonds is 6. The summed E-state index contributed by atoms with van der Waals surface area (Å²) >= 11 is 5.86. The van der Waals surface area contributed by atoms with Crippen LogP contribution in [0.3, 0.4) is 0 Å². The van der Waals surface area contributed by atoms with Crippen molar-refractivity contribution in [3.8, 4) is 0 Å². The van der Waals surface area contributed by atoms with Gasteiger partial charge in [0.25, 0.3) is 0 Å². The maximum Gasteiger partial charge on any atom is 0.191 e. The lowest BCUT2D eigenvalue weighted by Gasteiger charge is -2.18. The highest BCUT2D eigenvalue weighted by atomic mass is 35.5. The molecule has 124 valence electrons. The van der Waals surface area contributed by atoms with Crippen LogP contribution >= 0.6 is 11.6 Å². The van der Waals surface area contributed by atoms with Gasteiger partial charge in [0.05, 0.1) is 0 Å². The number of nitrogens with zero attached hydrogens (tertiary/aromatic N) is 1. The van der Waals surface area contributed by atoms with E-state index < -0.39 is 10.8 Å². The van der Waals surface area contributed by atoms with Crippen molar-refractivity contribution in [2.75, 3.05) is 25.9 Å². The summed E-state index contributed by atoms with van der Waals surface area (Å²) in [6.45, 7) is 7.39. The summed E-state index contributed by atoms with van der Waals surface area (Å²) in [5.41, 5.74) is 1.22. The second-order valence-corrected chi connectivity index (χ2v) is 8.72. The zero-order valence-corrected chi connectivity index (χ0v) is 15.4. The van der Waals surface area contributed by atoms with Gasteiger partial charge in [0, 0.05) is 46.5 Å². The van der Waals surface area contributed by atoms with Crippen molar-refractivity contribution in [1.29, 1.82) is 0 Å². The zero-order valence-electron chi connectivity index (χ0n) is 13.8. The van der Waals surface area contributed by atoms with Crippen LogP contribution in [0.15, 0.2) is 29.3 Å². The van der Waals surface area contributed by atoms with Gasteiger partial charge < -0.3 is 10.6 Å². The molecule has 1 aromatic rings. The predicted octanol–water partition coefficient (Wildman–Crippen LogP) is 2.59. The average Bonchev–Trinajstić information content (AvgIpc) is 2.46. The van der Waals surface area contributed by atoms with Crippen molar-refractivity contribution in [3.63, 3.8) is 0 Å². The minimum absolute atomic E-state index is 0.173. The molecule has 1 aromatic carbocycles. The van der Waals surface area contributed by atoms with Gasteiger partial charge >= 0.3 is 0 Å². The number of benzene rings is 1. The SMILES string of the molecule is CN=C(NCCc1ccc(Cl)cc1)NCCS(=O)C(C)(C)C. The first-order valence-corrected chi connectivity index (χ1v) is 9.10. The van der Waals surface area contributed by atoms with Crippen LogP contribution in [0.25, 0.3) is 0 Å². The van der Waals surface area contributed by atoms with E-state index in [2.05, 4.69) is 15.6 Å². The molecule has 1 rings (SSSR count). The number of hydrogen-bond acceptors (Lipinski definition) is 2. The van der Waals surface area contributed by atoms with Crippen molar-refractivity contribution in [2.24, 2.45) is 4.99 Å². The van der Waals surface area contributed by atoms with E-state index in [4.69, 9.17) is 11.6 Å². The molecule has 0 saturated heterocycles. The van der Waals surface area contributed by atoms with E-state index >= 15 is 0 Å². The van der Waals surface area contributed by atoms with E-state index in [1.165, 1.54) is 5.56 Å². The Bertz CT molecular complexity index is 509. The topological polar surface area (TPSA) is 53.5 Å². The lowest BCUT2D eigenvalue weighted by atomic mass is 10.1. The number of hydrogen-bond donors (Lipinski definition) is 2. The van der Waals surface area contributed by atoms with Gasteiger partial charge in [0.15, 0.2) is 5.96 Å². The van der Waals surface area contributed by atoms with Crippen molar-refractivity contribution >= 4 is 28.4 Å². The first-order chi connectivity index (χ1) is 10.3. The smallest absolute Gasteiger partial charge is 0.191 e. The molecule has 4 nitrogen and oxygen atoms in total. The fraction of sp³-hybridized carbons (Fsp3) is 0.562. The Hall–Kier alpha value is -1.07. The van der Waals surface area contributed by atoms with Crippen LogP contribution in [0, 0.1) is 0 Å². The molecule has 0 aliphatic rings. The Balaban J connectivity index is 2.28. The maximum atomic E-state index is 12.0. The Morgan fingerprint density at radius 3 is 2.32 bits per heavy atom. The quantitative estimate of drug-likeness (QED) is 0.616. The van der Waals surface area contributed by atoms with Crippen LogP contribution in [0.5, 0.6) is 0 Å². The molecule has 0 radical (unpaired) electrons. The van der Waals surface area contributed by atoms with Crippen molar-refractivity contribution in [2.45, 2.75) is 31.9 Å². The number of nitrogens with one attached hydrogen (secondary N) is 2. The maximum absolute atomic E-state index is 12.0. The minimum Gasteiger partial charge on any atom is -0.356 e. The normalized spacial score (nSPS) is 13.8. The van der Waals surface area contributed by atoms with Gasteiger partial charge in [-0.05, 0) is 44.9 Å². The molecule has 6 heteroatoms. The summed E-state index contributed by atoms with van der Waals surface area (Å²) in [4.78, 5) is 4.17. The Morgan fingerprint density at radius 2 is 1.77 bits per heavy atom. The molecule has 0 heterocycles. The predicted molar refractivity (Wildman–Crippen MR) is 97.3 cm³/mol. The first-order valence-electron chi connectivity index (χ1n) is 7.40. The monoisotopic (exact) mass is 343 g/mol. The van der Waals surface area contributed by atoms with Crippen LogP contribution in [-0.2, 0) is 17.2 Å². The third kappa shape index (κ3) is 7.27. The van der Waals surface area contributed by atoms with Crippen LogP contribution in [0.4, 0.5) is 0 Å². The Morgan fingerprint density at radius 1 is 1.18 bits per heavy atom. The van der Waals surface area contributed by atoms with Crippen molar-refractivity contribution in [1.82, 2.24) is 10.6 Å². The molecule has 0 fully saturated rings. The molecule has 0 aliphatic carbocycles. The van der Waals surface area contributed by atoms with E-state index in [1.54, 1.807) is 7.05 Å². The molecule has 0 aliphatic heterocycles. The number of guanidine groups is 1. The largest absolute Gasteiger partial charge is 0.356 e. The molecular weight excluding hydrogens is 318 g/mol. The highest BCUT2D eigenvalue weighted by Crippen LogP contribution is 2.10. The summed E-state index contributed by atoms with van der Waals surface area (Å²) in [5, 5.41) is 7.20. The Kier molecular flexibility index (Phi) is 7.90. The van der Waals surface area contributed by atoms with Gasteiger partial charge in [-0.15, -0.1) is 0 Å². The standard InChI is InChI=1S/C16H26ClN3OS/c1-16(2,3)22(21)12-11-20-15(18-4)19-10-9-13-5-7-14(17)8-6-13/h5-8H,9-12H2,1-4H3,(H2,18,19,20). The van der Waals surface area contributed by atoms with Crippen LogP contribution in [0.2, 0.25) is 5.02 Å². The lowest BCUT2D eigenvalue weighted by Crippen LogP contribution is -2.41. The van der Waals surface area contributed by atoms with Crippen molar-refractivity contribution in [3.05, 3.63) is 34.9 Å². The first kappa shape index (κ1) is 19.0. The molecule has 0 amide bonds. The zero-order chi connectivity index (χ0) is 16.6. The molecular formula is C16H26ClN3OS. The molecule has 0 bridgehead atoms. The van der Waals surface area contributed by atoms with Crippen molar-refractivity contribution < 1.29 is 4.21 Å². The fourth-order valence-corrected chi connectivity index (χ4v) is 2.79. The third-order valence-electron chi connectivity index (χ3n) is 3.11. The summed E-state index contributed by atoms with van der Waals surface area (Å²) in [7, 11) is 0.883. The lowest BCUT2D eigenvalue weighted by molar-refractivity contribution is 0.647. The molecule has 2 N–H and O–H groups in total. The van der Waals surface area contributed by atoms with E-state index in [1.807, 2.05) is 45.0 Å². The minimum atomic E-state index is -0.851. The molecule has 22 heavy (non-hydrogen) atoms. The highest BCUT2D eigenvalue weighted by molar-refractivity contribution is 7.86. The van der Waals surface area contributed by atoms with E-state index in [9.17, 15) is 4.21 Å². The van der Waals surface area contributed by atoms with Crippen LogP contribution < -0.4 is 10.6 Å². The van der Waals surface area contributed by atoms with Gasteiger partial charge in [0.2, 0.25) is 0 Å². The summed E-state index contributed by atoms with van der Waals surface area (Å²) in [5.74, 6) is 1.35. The molecule has 0 aromatic heterocycles. The van der Waals surface area contributed by atoms with Crippen LogP contribution in [-0.4, -0.2) is 40.8 Å². The van der Waals surface area contributed by atoms with E-state index in [0.29, 0.717) is 12.3 Å². The van der Waals surface area contributed by atoms with Gasteiger partial charge in [-0.1, -0.05) is 23.7 Å². The van der Waals surface area contributed by atoms with Gasteiger partial charge in [-0.25, -0.2) is 0 Å². The van der Waals surface area contributed by atoms with Crippen LogP contribution in [0.1, 0.15) is 26.3 Å². The van der Waals surface area contributed by atoms with Gasteiger partial charge in [0.1, 0.15) is 0 Å². The molecule has 1 atom stereocenters. The molecule has 1 unspecified atom stereocenters.